The van der Waals surface area contributed by atoms with Crippen LogP contribution in [0.4, 0.5) is 10.1 Å². The molecule has 0 saturated heterocycles. The van der Waals surface area contributed by atoms with Gasteiger partial charge in [-0.15, -0.1) is 0 Å². The van der Waals surface area contributed by atoms with Gasteiger partial charge in [0.1, 0.15) is 5.82 Å². The zero-order valence-electron chi connectivity index (χ0n) is 11.0. The summed E-state index contributed by atoms with van der Waals surface area (Å²) in [5.74, 6) is 0.0353. The Bertz CT molecular complexity index is 434. The van der Waals surface area contributed by atoms with Crippen molar-refractivity contribution in [2.45, 2.75) is 20.3 Å². The van der Waals surface area contributed by atoms with Gasteiger partial charge in [0.2, 0.25) is 0 Å². The number of anilines is 1. The third-order valence-corrected chi connectivity index (χ3v) is 3.04. The van der Waals surface area contributed by atoms with Crippen molar-refractivity contribution < 1.29 is 9.60 Å². The average molecular weight is 253 g/mol. The molecular formula is C13H20FN3O. The minimum atomic E-state index is -0.370. The molecule has 0 fully saturated rings. The lowest BCUT2D eigenvalue weighted by molar-refractivity contribution is 0.318. The maximum Gasteiger partial charge on any atom is 0.170 e. The van der Waals surface area contributed by atoms with Gasteiger partial charge in [-0.05, 0) is 24.1 Å². The van der Waals surface area contributed by atoms with Gasteiger partial charge in [0.05, 0.1) is 5.69 Å². The third kappa shape index (κ3) is 3.35. The predicted molar refractivity (Wildman–Crippen MR) is 71.6 cm³/mol. The molecule has 18 heavy (non-hydrogen) atoms. The number of halogens is 1. The van der Waals surface area contributed by atoms with Crippen LogP contribution in [0.1, 0.15) is 25.8 Å². The Morgan fingerprint density at radius 3 is 2.72 bits per heavy atom. The van der Waals surface area contributed by atoms with Crippen molar-refractivity contribution in [3.05, 3.63) is 29.6 Å². The van der Waals surface area contributed by atoms with Gasteiger partial charge < -0.3 is 15.8 Å². The van der Waals surface area contributed by atoms with Crippen LogP contribution in [-0.2, 0) is 0 Å². The topological polar surface area (TPSA) is 61.8 Å². The summed E-state index contributed by atoms with van der Waals surface area (Å²) in [6.45, 7) is 5.02. The van der Waals surface area contributed by atoms with Crippen LogP contribution in [-0.4, -0.2) is 24.6 Å². The van der Waals surface area contributed by atoms with Gasteiger partial charge in [0.25, 0.3) is 0 Å². The third-order valence-electron chi connectivity index (χ3n) is 3.04. The van der Waals surface area contributed by atoms with Crippen molar-refractivity contribution in [1.82, 2.24) is 0 Å². The summed E-state index contributed by atoms with van der Waals surface area (Å²) in [5, 5.41) is 11.4. The Morgan fingerprint density at radius 2 is 2.22 bits per heavy atom. The second-order valence-corrected chi connectivity index (χ2v) is 4.55. The van der Waals surface area contributed by atoms with Gasteiger partial charge >= 0.3 is 0 Å². The minimum absolute atomic E-state index is 0.0926. The molecular weight excluding hydrogens is 233 g/mol. The second kappa shape index (κ2) is 6.23. The molecule has 0 aromatic heterocycles. The zero-order chi connectivity index (χ0) is 13.7. The highest BCUT2D eigenvalue weighted by molar-refractivity contribution is 5.97. The maximum absolute atomic E-state index is 13.9. The number of nitrogens with zero attached hydrogens (tertiary/aromatic N) is 2. The van der Waals surface area contributed by atoms with Crippen molar-refractivity contribution >= 4 is 11.5 Å². The predicted octanol–water partition coefficient (Wildman–Crippen LogP) is 2.40. The number of benzene rings is 1. The molecule has 0 amide bonds. The van der Waals surface area contributed by atoms with E-state index < -0.39 is 0 Å². The second-order valence-electron chi connectivity index (χ2n) is 4.55. The van der Waals surface area contributed by atoms with E-state index in [1.807, 2.05) is 11.9 Å². The molecule has 0 bridgehead atoms. The van der Waals surface area contributed by atoms with Crippen LogP contribution in [0.15, 0.2) is 23.4 Å². The number of rotatable bonds is 5. The highest BCUT2D eigenvalue weighted by atomic mass is 19.1. The summed E-state index contributed by atoms with van der Waals surface area (Å²) in [4.78, 5) is 1.87. The molecule has 0 aliphatic rings. The van der Waals surface area contributed by atoms with E-state index in [0.717, 1.165) is 13.0 Å². The van der Waals surface area contributed by atoms with Crippen LogP contribution >= 0.6 is 0 Å². The van der Waals surface area contributed by atoms with Crippen molar-refractivity contribution in [2.75, 3.05) is 18.5 Å². The Kier molecular flexibility index (Phi) is 4.95. The standard InChI is InChI=1S/C13H20FN3O/c1-4-9(2)8-17(3)12-6-5-10(7-11(12)14)13(15)16-18/h5-7,9,18H,4,8H2,1-3H3,(H2,15,16). The van der Waals surface area contributed by atoms with Gasteiger partial charge in [-0.2, -0.15) is 0 Å². The van der Waals surface area contributed by atoms with E-state index in [4.69, 9.17) is 10.9 Å². The van der Waals surface area contributed by atoms with Gasteiger partial charge in [0.15, 0.2) is 5.84 Å². The Morgan fingerprint density at radius 1 is 1.56 bits per heavy atom. The summed E-state index contributed by atoms with van der Waals surface area (Å²) < 4.78 is 13.9. The van der Waals surface area contributed by atoms with E-state index in [2.05, 4.69) is 19.0 Å². The van der Waals surface area contributed by atoms with Gasteiger partial charge in [0, 0.05) is 19.2 Å². The van der Waals surface area contributed by atoms with Crippen LogP contribution < -0.4 is 10.6 Å². The Balaban J connectivity index is 2.92. The van der Waals surface area contributed by atoms with E-state index >= 15 is 0 Å². The highest BCUT2D eigenvalue weighted by Gasteiger charge is 2.12. The number of amidine groups is 1. The van der Waals surface area contributed by atoms with E-state index in [1.165, 1.54) is 6.07 Å². The van der Waals surface area contributed by atoms with Crippen molar-refractivity contribution in [2.24, 2.45) is 16.8 Å². The summed E-state index contributed by atoms with van der Waals surface area (Å²) in [6.07, 6.45) is 1.05. The van der Waals surface area contributed by atoms with Crippen LogP contribution in [0.2, 0.25) is 0 Å². The summed E-state index contributed by atoms with van der Waals surface area (Å²) >= 11 is 0. The molecule has 1 aromatic carbocycles. The van der Waals surface area contributed by atoms with E-state index in [0.29, 0.717) is 17.2 Å². The molecule has 0 heterocycles. The first kappa shape index (κ1) is 14.3. The minimum Gasteiger partial charge on any atom is -0.409 e. The molecule has 0 saturated carbocycles. The van der Waals surface area contributed by atoms with Crippen LogP contribution in [0.25, 0.3) is 0 Å². The lowest BCUT2D eigenvalue weighted by atomic mass is 10.1. The number of hydrogen-bond acceptors (Lipinski definition) is 3. The molecule has 1 unspecified atom stereocenters. The first-order valence-corrected chi connectivity index (χ1v) is 5.98. The molecule has 1 atom stereocenters. The van der Waals surface area contributed by atoms with E-state index in [9.17, 15) is 4.39 Å². The summed E-state index contributed by atoms with van der Waals surface area (Å²) in [6, 6.07) is 4.56. The fourth-order valence-corrected chi connectivity index (χ4v) is 1.73. The highest BCUT2D eigenvalue weighted by Crippen LogP contribution is 2.20. The van der Waals surface area contributed by atoms with Crippen molar-refractivity contribution in [3.63, 3.8) is 0 Å². The molecule has 100 valence electrons. The molecule has 1 aromatic rings. The van der Waals surface area contributed by atoms with E-state index in [1.54, 1.807) is 12.1 Å². The molecule has 0 aliphatic carbocycles. The van der Waals surface area contributed by atoms with Crippen molar-refractivity contribution in [3.8, 4) is 0 Å². The molecule has 3 N–H and O–H groups in total. The lowest BCUT2D eigenvalue weighted by Gasteiger charge is -2.23. The summed E-state index contributed by atoms with van der Waals surface area (Å²) in [5.41, 5.74) is 6.30. The van der Waals surface area contributed by atoms with Crippen LogP contribution in [0.5, 0.6) is 0 Å². The normalized spacial score (nSPS) is 13.4. The SMILES string of the molecule is CCC(C)CN(C)c1ccc(/C(N)=N/O)cc1F. The van der Waals surface area contributed by atoms with E-state index in [-0.39, 0.29) is 11.7 Å². The average Bonchev–Trinajstić information content (AvgIpc) is 2.37. The molecule has 0 spiro atoms. The fraction of sp³-hybridized carbons (Fsp3) is 0.462. The van der Waals surface area contributed by atoms with Gasteiger partial charge in [-0.1, -0.05) is 25.4 Å². The molecule has 0 radical (unpaired) electrons. The first-order valence-electron chi connectivity index (χ1n) is 5.98. The zero-order valence-corrected chi connectivity index (χ0v) is 11.0. The molecule has 4 nitrogen and oxygen atoms in total. The number of nitrogens with two attached hydrogens (primary N) is 1. The van der Waals surface area contributed by atoms with Crippen molar-refractivity contribution in [1.29, 1.82) is 0 Å². The largest absolute Gasteiger partial charge is 0.409 e. The van der Waals surface area contributed by atoms with Crippen LogP contribution in [0.3, 0.4) is 0 Å². The van der Waals surface area contributed by atoms with Crippen LogP contribution in [0, 0.1) is 11.7 Å². The fourth-order valence-electron chi connectivity index (χ4n) is 1.73. The number of oxime groups is 1. The van der Waals surface area contributed by atoms with Gasteiger partial charge in [-0.3, -0.25) is 0 Å². The monoisotopic (exact) mass is 253 g/mol. The quantitative estimate of drug-likeness (QED) is 0.366. The number of hydrogen-bond donors (Lipinski definition) is 2. The lowest BCUT2D eigenvalue weighted by Crippen LogP contribution is -2.24. The molecule has 5 heteroatoms. The first-order chi connectivity index (χ1) is 8.49. The van der Waals surface area contributed by atoms with Gasteiger partial charge in [-0.25, -0.2) is 4.39 Å². The summed E-state index contributed by atoms with van der Waals surface area (Å²) in [7, 11) is 1.85. The Hall–Kier alpha value is -1.78. The maximum atomic E-state index is 13.9. The molecule has 1 rings (SSSR count). The smallest absolute Gasteiger partial charge is 0.170 e. The Labute approximate surface area is 107 Å². The molecule has 0 aliphatic heterocycles.